The molecule has 0 saturated carbocycles. The standard InChI is InChI=1S/C14H18N4O3S2/c1-9-16-11(8-22-9)5-13(19)18-4-3-10(7-18)14-12(6-15-17-14)23(2,20)21/h6,8,10H,3-5,7H2,1-2H3,(H,15,17). The largest absolute Gasteiger partial charge is 0.342 e. The molecule has 9 heteroatoms. The third kappa shape index (κ3) is 3.45. The molecule has 2 aromatic rings. The third-order valence-corrected chi connectivity index (χ3v) is 5.93. The zero-order valence-corrected chi connectivity index (χ0v) is 14.6. The van der Waals surface area contributed by atoms with Crippen molar-refractivity contribution in [3.8, 4) is 0 Å². The molecule has 1 N–H and O–H groups in total. The van der Waals surface area contributed by atoms with E-state index in [0.717, 1.165) is 17.1 Å². The zero-order valence-electron chi connectivity index (χ0n) is 12.9. The maximum atomic E-state index is 12.4. The van der Waals surface area contributed by atoms with Gasteiger partial charge in [0.05, 0.1) is 29.0 Å². The van der Waals surface area contributed by atoms with Gasteiger partial charge in [0.15, 0.2) is 9.84 Å². The Morgan fingerprint density at radius 3 is 2.96 bits per heavy atom. The van der Waals surface area contributed by atoms with Crippen LogP contribution in [0.4, 0.5) is 0 Å². The summed E-state index contributed by atoms with van der Waals surface area (Å²) in [5.74, 6) is 0.00145. The number of aryl methyl sites for hydroxylation is 1. The number of carbonyl (C=O) groups is 1. The minimum atomic E-state index is -3.32. The number of likely N-dealkylation sites (tertiary alicyclic amines) is 1. The van der Waals surface area contributed by atoms with Crippen molar-refractivity contribution in [3.05, 3.63) is 28.0 Å². The number of hydrogen-bond donors (Lipinski definition) is 1. The molecule has 0 spiro atoms. The average molecular weight is 354 g/mol. The molecule has 1 aliphatic rings. The van der Waals surface area contributed by atoms with Crippen molar-refractivity contribution < 1.29 is 13.2 Å². The molecule has 7 nitrogen and oxygen atoms in total. The Labute approximate surface area is 138 Å². The molecule has 23 heavy (non-hydrogen) atoms. The number of rotatable bonds is 4. The van der Waals surface area contributed by atoms with Crippen molar-refractivity contribution in [1.82, 2.24) is 20.1 Å². The molecule has 0 aliphatic carbocycles. The first kappa shape index (κ1) is 16.1. The van der Waals surface area contributed by atoms with Gasteiger partial charge in [0.25, 0.3) is 0 Å². The van der Waals surface area contributed by atoms with E-state index >= 15 is 0 Å². The molecule has 1 amide bonds. The highest BCUT2D eigenvalue weighted by molar-refractivity contribution is 7.90. The number of amides is 1. The minimum absolute atomic E-state index is 0.0247. The lowest BCUT2D eigenvalue weighted by Crippen LogP contribution is -2.30. The predicted octanol–water partition coefficient (Wildman–Crippen LogP) is 1.14. The van der Waals surface area contributed by atoms with Crippen LogP contribution in [0.25, 0.3) is 0 Å². The lowest BCUT2D eigenvalue weighted by molar-refractivity contribution is -0.129. The topological polar surface area (TPSA) is 96.0 Å². The predicted molar refractivity (Wildman–Crippen MR) is 86.2 cm³/mol. The third-order valence-electron chi connectivity index (χ3n) is 3.98. The second-order valence-corrected chi connectivity index (χ2v) is 8.83. The minimum Gasteiger partial charge on any atom is -0.342 e. The van der Waals surface area contributed by atoms with E-state index in [-0.39, 0.29) is 16.7 Å². The number of thiazole rings is 1. The number of H-pyrrole nitrogens is 1. The fourth-order valence-electron chi connectivity index (χ4n) is 2.85. The Bertz CT molecular complexity index is 825. The Morgan fingerprint density at radius 1 is 1.52 bits per heavy atom. The summed E-state index contributed by atoms with van der Waals surface area (Å²) in [4.78, 5) is 18.7. The first-order valence-electron chi connectivity index (χ1n) is 7.26. The summed E-state index contributed by atoms with van der Waals surface area (Å²) in [7, 11) is -3.32. The van der Waals surface area contributed by atoms with E-state index < -0.39 is 9.84 Å². The smallest absolute Gasteiger partial charge is 0.228 e. The van der Waals surface area contributed by atoms with E-state index in [1.54, 1.807) is 4.90 Å². The lowest BCUT2D eigenvalue weighted by Gasteiger charge is -2.16. The van der Waals surface area contributed by atoms with Gasteiger partial charge in [-0.2, -0.15) is 5.10 Å². The summed E-state index contributed by atoms with van der Waals surface area (Å²) < 4.78 is 23.6. The fourth-order valence-corrected chi connectivity index (χ4v) is 4.32. The number of sulfone groups is 1. The number of nitrogens with zero attached hydrogens (tertiary/aromatic N) is 3. The van der Waals surface area contributed by atoms with Gasteiger partial charge >= 0.3 is 0 Å². The van der Waals surface area contributed by atoms with Crippen LogP contribution >= 0.6 is 11.3 Å². The van der Waals surface area contributed by atoms with Gasteiger partial charge in [-0.15, -0.1) is 11.3 Å². The summed E-state index contributed by atoms with van der Waals surface area (Å²) in [5.41, 5.74) is 1.40. The zero-order chi connectivity index (χ0) is 16.6. The highest BCUT2D eigenvalue weighted by atomic mass is 32.2. The molecule has 3 heterocycles. The molecule has 0 aromatic carbocycles. The van der Waals surface area contributed by atoms with Crippen molar-refractivity contribution in [2.24, 2.45) is 0 Å². The summed E-state index contributed by atoms with van der Waals surface area (Å²) in [6.07, 6.45) is 3.53. The Morgan fingerprint density at radius 2 is 2.30 bits per heavy atom. The van der Waals surface area contributed by atoms with Gasteiger partial charge in [0.1, 0.15) is 4.90 Å². The summed E-state index contributed by atoms with van der Waals surface area (Å²) in [5, 5.41) is 9.49. The van der Waals surface area contributed by atoms with Crippen LogP contribution in [0.15, 0.2) is 16.5 Å². The SMILES string of the molecule is Cc1nc(CC(=O)N2CCC(c3[nH]ncc3S(C)(=O)=O)C2)cs1. The second kappa shape index (κ2) is 6.04. The molecule has 1 aliphatic heterocycles. The molecule has 1 saturated heterocycles. The van der Waals surface area contributed by atoms with Crippen molar-refractivity contribution >= 4 is 27.1 Å². The molecule has 0 radical (unpaired) electrons. The summed E-state index contributed by atoms with van der Waals surface area (Å²) in [6.45, 7) is 3.04. The number of nitrogens with one attached hydrogen (secondary N) is 1. The number of aromatic amines is 1. The average Bonchev–Trinajstić information content (AvgIpc) is 3.15. The van der Waals surface area contributed by atoms with Crippen molar-refractivity contribution in [2.45, 2.75) is 30.6 Å². The molecule has 2 aromatic heterocycles. The number of aromatic nitrogens is 3. The Hall–Kier alpha value is -1.74. The Balaban J connectivity index is 1.69. The van der Waals surface area contributed by atoms with Gasteiger partial charge in [0, 0.05) is 30.6 Å². The van der Waals surface area contributed by atoms with E-state index in [2.05, 4.69) is 15.2 Å². The van der Waals surface area contributed by atoms with Crippen LogP contribution in [0.3, 0.4) is 0 Å². The number of carbonyl (C=O) groups excluding carboxylic acids is 1. The molecule has 1 unspecified atom stereocenters. The van der Waals surface area contributed by atoms with Crippen LogP contribution in [0, 0.1) is 6.92 Å². The first-order valence-corrected chi connectivity index (χ1v) is 10.0. The van der Waals surface area contributed by atoms with Gasteiger partial charge in [-0.3, -0.25) is 9.89 Å². The maximum Gasteiger partial charge on any atom is 0.228 e. The van der Waals surface area contributed by atoms with Crippen LogP contribution in [0.5, 0.6) is 0 Å². The highest BCUT2D eigenvalue weighted by Crippen LogP contribution is 2.30. The van der Waals surface area contributed by atoms with Crippen molar-refractivity contribution in [2.75, 3.05) is 19.3 Å². The normalized spacial score (nSPS) is 18.5. The molecule has 124 valence electrons. The first-order chi connectivity index (χ1) is 10.8. The fraction of sp³-hybridized carbons (Fsp3) is 0.500. The molecule has 1 atom stereocenters. The van der Waals surface area contributed by atoms with Crippen LogP contribution in [0.1, 0.15) is 28.7 Å². The molecule has 1 fully saturated rings. The van der Waals surface area contributed by atoms with Gasteiger partial charge in [-0.1, -0.05) is 0 Å². The second-order valence-electron chi connectivity index (χ2n) is 5.78. The van der Waals surface area contributed by atoms with E-state index in [0.29, 0.717) is 25.2 Å². The van der Waals surface area contributed by atoms with E-state index in [9.17, 15) is 13.2 Å². The Kier molecular flexibility index (Phi) is 4.24. The molecular formula is C14H18N4O3S2. The van der Waals surface area contributed by atoms with Gasteiger partial charge in [0.2, 0.25) is 5.91 Å². The van der Waals surface area contributed by atoms with E-state index in [1.165, 1.54) is 23.8 Å². The number of hydrogen-bond acceptors (Lipinski definition) is 6. The summed E-state index contributed by atoms with van der Waals surface area (Å²) >= 11 is 1.53. The van der Waals surface area contributed by atoms with Crippen LogP contribution < -0.4 is 0 Å². The van der Waals surface area contributed by atoms with Crippen molar-refractivity contribution in [1.29, 1.82) is 0 Å². The van der Waals surface area contributed by atoms with Gasteiger partial charge in [-0.25, -0.2) is 13.4 Å². The van der Waals surface area contributed by atoms with Gasteiger partial charge in [-0.05, 0) is 13.3 Å². The quantitative estimate of drug-likeness (QED) is 0.888. The highest BCUT2D eigenvalue weighted by Gasteiger charge is 2.31. The van der Waals surface area contributed by atoms with Crippen LogP contribution in [-0.2, 0) is 21.1 Å². The van der Waals surface area contributed by atoms with E-state index in [4.69, 9.17) is 0 Å². The monoisotopic (exact) mass is 354 g/mol. The van der Waals surface area contributed by atoms with E-state index in [1.807, 2.05) is 12.3 Å². The molecular weight excluding hydrogens is 336 g/mol. The molecule has 0 bridgehead atoms. The van der Waals surface area contributed by atoms with Crippen LogP contribution in [-0.4, -0.2) is 53.8 Å². The lowest BCUT2D eigenvalue weighted by atomic mass is 10.1. The molecule has 3 rings (SSSR count). The van der Waals surface area contributed by atoms with Crippen LogP contribution in [0.2, 0.25) is 0 Å². The summed E-state index contributed by atoms with van der Waals surface area (Å²) in [6, 6.07) is 0. The maximum absolute atomic E-state index is 12.4. The van der Waals surface area contributed by atoms with Crippen molar-refractivity contribution in [3.63, 3.8) is 0 Å². The van der Waals surface area contributed by atoms with Gasteiger partial charge < -0.3 is 4.90 Å².